The first kappa shape index (κ1) is 21.3. The largest absolute Gasteiger partial charge is 0.453 e. The maximum atomic E-state index is 12.2. The molecule has 1 atom stereocenters. The lowest BCUT2D eigenvalue weighted by molar-refractivity contribution is -0.150. The number of amides is 3. The third-order valence-electron chi connectivity index (χ3n) is 2.77. The molecule has 1 rings (SSSR count). The van der Waals surface area contributed by atoms with E-state index in [1.54, 1.807) is 0 Å². The monoisotopic (exact) mass is 671 g/mol. The molecule has 0 aliphatic carbocycles. The Morgan fingerprint density at radius 2 is 1.38 bits per heavy atom. The summed E-state index contributed by atoms with van der Waals surface area (Å²) in [6, 6.07) is 0. The molecule has 1 unspecified atom stereocenters. The van der Waals surface area contributed by atoms with E-state index in [1.807, 2.05) is 67.8 Å². The standard InChI is InChI=1S/C13H12I3N3O5/c1-3(24-4(2)20)13(23)19-10-8(15)5(11(17)21)7(14)6(9(10)16)12(18)22/h3H,1-2H3,(H2,17,21)(H2,18,22)(H,19,23). The first-order valence-electron chi connectivity index (χ1n) is 6.27. The quantitative estimate of drug-likeness (QED) is 0.323. The van der Waals surface area contributed by atoms with Gasteiger partial charge in [0.1, 0.15) is 0 Å². The maximum Gasteiger partial charge on any atom is 0.303 e. The molecule has 0 aliphatic rings. The molecule has 1 aromatic rings. The first-order valence-corrected chi connectivity index (χ1v) is 9.50. The Balaban J connectivity index is 3.48. The number of rotatable bonds is 5. The van der Waals surface area contributed by atoms with Crippen LogP contribution in [0.2, 0.25) is 0 Å². The molecule has 0 bridgehead atoms. The van der Waals surface area contributed by atoms with Gasteiger partial charge in [0.2, 0.25) is 0 Å². The zero-order valence-electron chi connectivity index (χ0n) is 12.4. The van der Waals surface area contributed by atoms with Crippen LogP contribution in [0, 0.1) is 10.7 Å². The maximum absolute atomic E-state index is 12.2. The van der Waals surface area contributed by atoms with Crippen LogP contribution in [-0.4, -0.2) is 29.8 Å². The number of esters is 1. The third-order valence-corrected chi connectivity index (χ3v) is 6.01. The van der Waals surface area contributed by atoms with Crippen molar-refractivity contribution in [1.82, 2.24) is 0 Å². The van der Waals surface area contributed by atoms with E-state index in [4.69, 9.17) is 16.2 Å². The number of nitrogens with two attached hydrogens (primary N) is 2. The highest BCUT2D eigenvalue weighted by Gasteiger charge is 2.27. The van der Waals surface area contributed by atoms with E-state index in [0.29, 0.717) is 10.7 Å². The number of ether oxygens (including phenoxy) is 1. The van der Waals surface area contributed by atoms with Crippen molar-refractivity contribution in [1.29, 1.82) is 0 Å². The van der Waals surface area contributed by atoms with Crippen LogP contribution in [-0.2, 0) is 14.3 Å². The number of hydrogen-bond acceptors (Lipinski definition) is 5. The van der Waals surface area contributed by atoms with Crippen molar-refractivity contribution in [3.8, 4) is 0 Å². The van der Waals surface area contributed by atoms with Gasteiger partial charge in [-0.2, -0.15) is 0 Å². The van der Waals surface area contributed by atoms with Gasteiger partial charge in [0, 0.05) is 10.5 Å². The molecule has 0 aromatic heterocycles. The number of benzene rings is 1. The fourth-order valence-electron chi connectivity index (χ4n) is 1.73. The van der Waals surface area contributed by atoms with Gasteiger partial charge in [0.25, 0.3) is 17.7 Å². The summed E-state index contributed by atoms with van der Waals surface area (Å²) >= 11 is 5.50. The number of carbonyl (C=O) groups excluding carboxylic acids is 4. The van der Waals surface area contributed by atoms with Gasteiger partial charge < -0.3 is 21.5 Å². The lowest BCUT2D eigenvalue weighted by Gasteiger charge is -2.19. The third kappa shape index (κ3) is 4.68. The van der Waals surface area contributed by atoms with Crippen molar-refractivity contribution in [2.24, 2.45) is 11.5 Å². The van der Waals surface area contributed by atoms with Crippen molar-refractivity contribution in [3.05, 3.63) is 21.8 Å². The molecule has 3 amide bonds. The van der Waals surface area contributed by atoms with Gasteiger partial charge in [0.15, 0.2) is 6.10 Å². The minimum atomic E-state index is -1.05. The van der Waals surface area contributed by atoms with E-state index >= 15 is 0 Å². The molecule has 130 valence electrons. The molecule has 24 heavy (non-hydrogen) atoms. The van der Waals surface area contributed by atoms with Gasteiger partial charge in [-0.1, -0.05) is 0 Å². The molecule has 11 heteroatoms. The molecule has 0 saturated heterocycles. The Kier molecular flexibility index (Phi) is 7.64. The smallest absolute Gasteiger partial charge is 0.303 e. The molecule has 1 aromatic carbocycles. The average Bonchev–Trinajstić information content (AvgIpc) is 2.41. The highest BCUT2D eigenvalue weighted by atomic mass is 127. The van der Waals surface area contributed by atoms with Gasteiger partial charge in [-0.05, 0) is 74.7 Å². The second kappa shape index (κ2) is 8.59. The SMILES string of the molecule is CC(=O)OC(C)C(=O)Nc1c(I)c(C(N)=O)c(I)c(C(N)=O)c1I. The van der Waals surface area contributed by atoms with Crippen LogP contribution in [0.1, 0.15) is 34.6 Å². The Hall–Kier alpha value is -0.710. The normalized spacial score (nSPS) is 11.5. The van der Waals surface area contributed by atoms with Gasteiger partial charge in [-0.15, -0.1) is 0 Å². The number of anilines is 1. The van der Waals surface area contributed by atoms with E-state index in [2.05, 4.69) is 5.32 Å². The van der Waals surface area contributed by atoms with Crippen LogP contribution >= 0.6 is 67.8 Å². The highest BCUT2D eigenvalue weighted by Crippen LogP contribution is 2.35. The van der Waals surface area contributed by atoms with E-state index in [-0.39, 0.29) is 16.8 Å². The summed E-state index contributed by atoms with van der Waals surface area (Å²) in [7, 11) is 0. The summed E-state index contributed by atoms with van der Waals surface area (Å²) in [5.74, 6) is -2.74. The van der Waals surface area contributed by atoms with Crippen molar-refractivity contribution < 1.29 is 23.9 Å². The number of hydrogen-bond donors (Lipinski definition) is 3. The minimum absolute atomic E-state index is 0.0841. The fraction of sp³-hybridized carbons (Fsp3) is 0.231. The van der Waals surface area contributed by atoms with Crippen LogP contribution in [0.4, 0.5) is 5.69 Å². The van der Waals surface area contributed by atoms with Crippen LogP contribution in [0.15, 0.2) is 0 Å². The Morgan fingerprint density at radius 1 is 0.958 bits per heavy atom. The Bertz CT molecular complexity index is 710. The van der Waals surface area contributed by atoms with Gasteiger partial charge in [-0.25, -0.2) is 0 Å². The fourth-order valence-corrected chi connectivity index (χ4v) is 6.23. The summed E-state index contributed by atoms with van der Waals surface area (Å²) in [6.45, 7) is 2.58. The molecule has 0 spiro atoms. The summed E-state index contributed by atoms with van der Waals surface area (Å²) in [6.07, 6.45) is -1.05. The molecule has 5 N–H and O–H groups in total. The minimum Gasteiger partial charge on any atom is -0.453 e. The molecule has 0 heterocycles. The lowest BCUT2D eigenvalue weighted by atomic mass is 10.1. The van der Waals surface area contributed by atoms with Crippen LogP contribution in [0.5, 0.6) is 0 Å². The summed E-state index contributed by atoms with van der Waals surface area (Å²) < 4.78 is 5.84. The number of carbonyl (C=O) groups is 4. The van der Waals surface area contributed by atoms with Crippen molar-refractivity contribution in [2.75, 3.05) is 5.32 Å². The van der Waals surface area contributed by atoms with Crippen LogP contribution < -0.4 is 16.8 Å². The van der Waals surface area contributed by atoms with Gasteiger partial charge in [0.05, 0.1) is 24.0 Å². The topological polar surface area (TPSA) is 142 Å². The van der Waals surface area contributed by atoms with Crippen molar-refractivity contribution in [3.63, 3.8) is 0 Å². The van der Waals surface area contributed by atoms with Crippen molar-refractivity contribution >= 4 is 97.2 Å². The summed E-state index contributed by atoms with van der Waals surface area (Å²) in [4.78, 5) is 46.6. The zero-order valence-corrected chi connectivity index (χ0v) is 18.9. The zero-order chi connectivity index (χ0) is 18.8. The van der Waals surface area contributed by atoms with Gasteiger partial charge in [-0.3, -0.25) is 19.2 Å². The number of nitrogens with one attached hydrogen (secondary N) is 1. The molecule has 0 saturated carbocycles. The second-order valence-corrected chi connectivity index (χ2v) is 7.77. The first-order chi connectivity index (χ1) is 11.0. The predicted octanol–water partition coefficient (Wildman–Crippen LogP) is 1.59. The number of primary amides is 2. The Morgan fingerprint density at radius 3 is 1.71 bits per heavy atom. The Labute approximate surface area is 178 Å². The lowest BCUT2D eigenvalue weighted by Crippen LogP contribution is -2.31. The molecule has 8 nitrogen and oxygen atoms in total. The predicted molar refractivity (Wildman–Crippen MR) is 111 cm³/mol. The van der Waals surface area contributed by atoms with Gasteiger partial charge >= 0.3 is 5.97 Å². The van der Waals surface area contributed by atoms with Crippen LogP contribution in [0.25, 0.3) is 0 Å². The molecule has 0 aliphatic heterocycles. The molecular weight excluding hydrogens is 659 g/mol. The molecule has 0 fully saturated rings. The van der Waals surface area contributed by atoms with E-state index in [0.717, 1.165) is 0 Å². The van der Waals surface area contributed by atoms with E-state index in [1.165, 1.54) is 13.8 Å². The van der Waals surface area contributed by atoms with Crippen molar-refractivity contribution in [2.45, 2.75) is 20.0 Å². The van der Waals surface area contributed by atoms with E-state index < -0.39 is 29.8 Å². The second-order valence-electron chi connectivity index (χ2n) is 4.54. The molecular formula is C13H12I3N3O5. The summed E-state index contributed by atoms with van der Waals surface area (Å²) in [5, 5.41) is 2.55. The van der Waals surface area contributed by atoms with E-state index in [9.17, 15) is 19.2 Å². The van der Waals surface area contributed by atoms with Crippen LogP contribution in [0.3, 0.4) is 0 Å². The highest BCUT2D eigenvalue weighted by molar-refractivity contribution is 14.1. The summed E-state index contributed by atoms with van der Waals surface area (Å²) in [5.41, 5.74) is 11.1. The molecule has 0 radical (unpaired) electrons. The number of halogens is 3. The average molecular weight is 671 g/mol.